The number of hydrogen-bond acceptors (Lipinski definition) is 3. The molecule has 1 amide bonds. The number of carboxylic acid groups (broad SMARTS) is 1. The van der Waals surface area contributed by atoms with E-state index >= 15 is 0 Å². The first-order chi connectivity index (χ1) is 9.41. The molecule has 2 heterocycles. The van der Waals surface area contributed by atoms with Crippen LogP contribution in [0.3, 0.4) is 0 Å². The predicted octanol–water partition coefficient (Wildman–Crippen LogP) is 1.57. The Hall–Kier alpha value is -1.10. The summed E-state index contributed by atoms with van der Waals surface area (Å²) in [4.78, 5) is 27.7. The van der Waals surface area contributed by atoms with E-state index in [2.05, 4.69) is 18.7 Å². The van der Waals surface area contributed by atoms with Gasteiger partial charge in [-0.1, -0.05) is 0 Å². The quantitative estimate of drug-likeness (QED) is 0.853. The standard InChI is InChI=1S/C15H26N2O3/c1-10-4-5-11(2)17(10)12(3)14(18)16-8-6-13(7-9-16)15(19)20/h10-13H,4-9H2,1-3H3,(H,19,20). The highest BCUT2D eigenvalue weighted by Crippen LogP contribution is 2.27. The van der Waals surface area contributed by atoms with Crippen LogP contribution in [0.5, 0.6) is 0 Å². The molecule has 2 fully saturated rings. The number of hydrogen-bond donors (Lipinski definition) is 1. The highest BCUT2D eigenvalue weighted by molar-refractivity contribution is 5.82. The first-order valence-corrected chi connectivity index (χ1v) is 7.70. The monoisotopic (exact) mass is 282 g/mol. The molecule has 1 N–H and O–H groups in total. The molecule has 0 radical (unpaired) electrons. The number of carboxylic acids is 1. The smallest absolute Gasteiger partial charge is 0.306 e. The summed E-state index contributed by atoms with van der Waals surface area (Å²) in [6.45, 7) is 7.52. The number of amides is 1. The highest BCUT2D eigenvalue weighted by Gasteiger charge is 2.37. The number of nitrogens with zero attached hydrogens (tertiary/aromatic N) is 2. The first-order valence-electron chi connectivity index (χ1n) is 7.70. The lowest BCUT2D eigenvalue weighted by molar-refractivity contribution is -0.147. The van der Waals surface area contributed by atoms with Crippen molar-refractivity contribution in [2.24, 2.45) is 5.92 Å². The second kappa shape index (κ2) is 6.12. The number of rotatable bonds is 3. The van der Waals surface area contributed by atoms with Crippen molar-refractivity contribution in [3.8, 4) is 0 Å². The van der Waals surface area contributed by atoms with Crippen LogP contribution < -0.4 is 0 Å². The van der Waals surface area contributed by atoms with E-state index in [4.69, 9.17) is 5.11 Å². The minimum absolute atomic E-state index is 0.0936. The zero-order valence-corrected chi connectivity index (χ0v) is 12.7. The van der Waals surface area contributed by atoms with Crippen molar-refractivity contribution in [2.75, 3.05) is 13.1 Å². The van der Waals surface area contributed by atoms with E-state index in [-0.39, 0.29) is 17.9 Å². The molecule has 3 unspecified atom stereocenters. The van der Waals surface area contributed by atoms with Gasteiger partial charge in [0.2, 0.25) is 5.91 Å². The van der Waals surface area contributed by atoms with E-state index in [0.29, 0.717) is 38.0 Å². The fraction of sp³-hybridized carbons (Fsp3) is 0.867. The average molecular weight is 282 g/mol. The van der Waals surface area contributed by atoms with Gasteiger partial charge in [0.05, 0.1) is 12.0 Å². The lowest BCUT2D eigenvalue weighted by Gasteiger charge is -2.37. The first kappa shape index (κ1) is 15.3. The molecule has 0 aromatic carbocycles. The Morgan fingerprint density at radius 1 is 1.05 bits per heavy atom. The molecule has 0 aromatic rings. The minimum Gasteiger partial charge on any atom is -0.481 e. The van der Waals surface area contributed by atoms with Crippen LogP contribution in [0.15, 0.2) is 0 Å². The van der Waals surface area contributed by atoms with E-state index < -0.39 is 5.97 Å². The van der Waals surface area contributed by atoms with E-state index in [0.717, 1.165) is 12.8 Å². The second-order valence-electron chi connectivity index (χ2n) is 6.34. The van der Waals surface area contributed by atoms with Gasteiger partial charge >= 0.3 is 5.97 Å². The van der Waals surface area contributed by atoms with Gasteiger partial charge in [0, 0.05) is 25.2 Å². The number of aliphatic carboxylic acids is 1. The molecule has 0 aliphatic carbocycles. The van der Waals surface area contributed by atoms with Crippen molar-refractivity contribution in [2.45, 2.75) is 64.6 Å². The summed E-state index contributed by atoms with van der Waals surface area (Å²) in [5.74, 6) is -0.847. The van der Waals surface area contributed by atoms with Gasteiger partial charge in [-0.2, -0.15) is 0 Å². The number of piperidine rings is 1. The van der Waals surface area contributed by atoms with Crippen LogP contribution in [0.2, 0.25) is 0 Å². The molecule has 0 spiro atoms. The molecule has 2 aliphatic rings. The van der Waals surface area contributed by atoms with Crippen LogP contribution in [0.25, 0.3) is 0 Å². The lowest BCUT2D eigenvalue weighted by atomic mass is 9.96. The van der Waals surface area contributed by atoms with Crippen molar-refractivity contribution in [3.63, 3.8) is 0 Å². The molecule has 2 rings (SSSR count). The molecule has 5 nitrogen and oxygen atoms in total. The van der Waals surface area contributed by atoms with Gasteiger partial charge < -0.3 is 10.0 Å². The van der Waals surface area contributed by atoms with E-state index in [9.17, 15) is 9.59 Å². The third-order valence-electron chi connectivity index (χ3n) is 4.98. The van der Waals surface area contributed by atoms with Gasteiger partial charge in [-0.05, 0) is 46.5 Å². The van der Waals surface area contributed by atoms with Gasteiger partial charge in [-0.15, -0.1) is 0 Å². The van der Waals surface area contributed by atoms with Gasteiger partial charge in [0.15, 0.2) is 0 Å². The minimum atomic E-state index is -0.730. The van der Waals surface area contributed by atoms with Crippen LogP contribution in [0, 0.1) is 5.92 Å². The second-order valence-corrected chi connectivity index (χ2v) is 6.34. The molecule has 3 atom stereocenters. The predicted molar refractivity (Wildman–Crippen MR) is 76.4 cm³/mol. The molecule has 0 aromatic heterocycles. The third kappa shape index (κ3) is 2.97. The summed E-state index contributed by atoms with van der Waals surface area (Å²) in [5, 5.41) is 9.00. The number of likely N-dealkylation sites (tertiary alicyclic amines) is 2. The Balaban J connectivity index is 1.93. The lowest BCUT2D eigenvalue weighted by Crippen LogP contribution is -2.52. The van der Waals surface area contributed by atoms with Crippen LogP contribution in [0.4, 0.5) is 0 Å². The zero-order chi connectivity index (χ0) is 14.9. The van der Waals surface area contributed by atoms with Crippen molar-refractivity contribution < 1.29 is 14.7 Å². The molecule has 2 aliphatic heterocycles. The Labute approximate surface area is 120 Å². The summed E-state index contributed by atoms with van der Waals surface area (Å²) in [5.41, 5.74) is 0. The molecule has 5 heteroatoms. The summed E-state index contributed by atoms with van der Waals surface area (Å²) >= 11 is 0. The molecule has 20 heavy (non-hydrogen) atoms. The Morgan fingerprint density at radius 3 is 2.00 bits per heavy atom. The van der Waals surface area contributed by atoms with Gasteiger partial charge in [-0.3, -0.25) is 14.5 Å². The van der Waals surface area contributed by atoms with Gasteiger partial charge in [0.1, 0.15) is 0 Å². The summed E-state index contributed by atoms with van der Waals surface area (Å²) in [7, 11) is 0. The maximum atomic E-state index is 12.6. The SMILES string of the molecule is CC1CCC(C)N1C(C)C(=O)N1CCC(C(=O)O)CC1. The van der Waals surface area contributed by atoms with Gasteiger partial charge in [0.25, 0.3) is 0 Å². The Bertz CT molecular complexity index is 367. The Morgan fingerprint density at radius 2 is 1.55 bits per heavy atom. The van der Waals surface area contributed by atoms with Gasteiger partial charge in [-0.25, -0.2) is 0 Å². The van der Waals surface area contributed by atoms with E-state index in [1.165, 1.54) is 0 Å². The van der Waals surface area contributed by atoms with Crippen molar-refractivity contribution in [1.82, 2.24) is 9.80 Å². The van der Waals surface area contributed by atoms with Crippen LogP contribution >= 0.6 is 0 Å². The average Bonchev–Trinajstić information content (AvgIpc) is 2.76. The summed E-state index contributed by atoms with van der Waals surface area (Å²) in [6, 6.07) is 0.824. The molecule has 0 bridgehead atoms. The van der Waals surface area contributed by atoms with Crippen molar-refractivity contribution in [1.29, 1.82) is 0 Å². The zero-order valence-electron chi connectivity index (χ0n) is 12.7. The molecule has 2 saturated heterocycles. The highest BCUT2D eigenvalue weighted by atomic mass is 16.4. The number of carbonyl (C=O) groups excluding carboxylic acids is 1. The summed E-state index contributed by atoms with van der Waals surface area (Å²) < 4.78 is 0. The normalized spacial score (nSPS) is 30.4. The fourth-order valence-corrected chi connectivity index (χ4v) is 3.72. The van der Waals surface area contributed by atoms with Crippen molar-refractivity contribution >= 4 is 11.9 Å². The largest absolute Gasteiger partial charge is 0.481 e. The molecule has 114 valence electrons. The molecular weight excluding hydrogens is 256 g/mol. The molecular formula is C15H26N2O3. The topological polar surface area (TPSA) is 60.9 Å². The van der Waals surface area contributed by atoms with Crippen molar-refractivity contribution in [3.05, 3.63) is 0 Å². The van der Waals surface area contributed by atoms with Crippen LogP contribution in [-0.4, -0.2) is 58.0 Å². The van der Waals surface area contributed by atoms with E-state index in [1.54, 1.807) is 0 Å². The van der Waals surface area contributed by atoms with E-state index in [1.807, 2.05) is 11.8 Å². The molecule has 0 saturated carbocycles. The maximum Gasteiger partial charge on any atom is 0.306 e. The number of carbonyl (C=O) groups is 2. The third-order valence-corrected chi connectivity index (χ3v) is 4.98. The van der Waals surface area contributed by atoms with Crippen LogP contribution in [0.1, 0.15) is 46.5 Å². The fourth-order valence-electron chi connectivity index (χ4n) is 3.72. The summed E-state index contributed by atoms with van der Waals surface area (Å²) in [6.07, 6.45) is 3.47. The van der Waals surface area contributed by atoms with Crippen LogP contribution in [-0.2, 0) is 9.59 Å². The maximum absolute atomic E-state index is 12.6. The Kier molecular flexibility index (Phi) is 4.68.